The minimum absolute atomic E-state index is 0.711. The predicted molar refractivity (Wildman–Crippen MR) is 147 cm³/mol. The normalized spacial score (nSPS) is 48.5. The van der Waals surface area contributed by atoms with Gasteiger partial charge in [0.05, 0.1) is 13.2 Å². The molecule has 4 rings (SSSR count). The molecule has 0 saturated carbocycles. The highest BCUT2D eigenvalue weighted by Gasteiger charge is 2.56. The summed E-state index contributed by atoms with van der Waals surface area (Å²) in [6.07, 6.45) is -38.4. The third kappa shape index (κ3) is 8.17. The molecule has 0 radical (unpaired) electrons. The lowest BCUT2D eigenvalue weighted by Gasteiger charge is -2.48. The first-order chi connectivity index (χ1) is 23.4. The van der Waals surface area contributed by atoms with Gasteiger partial charge in [0.15, 0.2) is 37.4 Å². The van der Waals surface area contributed by atoms with Crippen LogP contribution >= 0.6 is 0 Å². The third-order valence-electron chi connectivity index (χ3n) is 8.54. The van der Waals surface area contributed by atoms with E-state index in [1.807, 2.05) is 0 Å². The molecule has 24 heteroatoms. The Morgan fingerprint density at radius 1 is 0.540 bits per heavy atom. The molecule has 4 aliphatic rings. The molecule has 4 heterocycles. The number of hydrogen-bond acceptors (Lipinski definition) is 21. The summed E-state index contributed by atoms with van der Waals surface area (Å²) in [6.45, 7) is -0.878. The van der Waals surface area contributed by atoms with E-state index in [0.717, 1.165) is 6.92 Å². The van der Waals surface area contributed by atoms with Crippen LogP contribution in [0, 0.1) is 0 Å². The lowest BCUT2D eigenvalue weighted by molar-refractivity contribution is -0.381. The number of rotatable bonds is 11. The van der Waals surface area contributed by atoms with Crippen LogP contribution in [0.15, 0.2) is 0 Å². The van der Waals surface area contributed by atoms with Crippen LogP contribution in [0.5, 0.6) is 0 Å². The molecule has 0 aromatic carbocycles. The topological polar surface area (TPSA) is 391 Å². The van der Waals surface area contributed by atoms with Crippen molar-refractivity contribution in [2.45, 2.75) is 130 Å². The molecule has 20 atom stereocenters. The van der Waals surface area contributed by atoms with Crippen LogP contribution in [-0.4, -0.2) is 220 Å². The summed E-state index contributed by atoms with van der Waals surface area (Å²) in [5, 5.41) is 135. The molecule has 0 aliphatic carbocycles. The van der Waals surface area contributed by atoms with Crippen molar-refractivity contribution in [1.82, 2.24) is 5.32 Å². The fraction of sp³-hybridized carbons (Fsp3) is 0.885. The second-order valence-electron chi connectivity index (χ2n) is 12.0. The minimum atomic E-state index is -2.26. The van der Waals surface area contributed by atoms with E-state index in [4.69, 9.17) is 33.2 Å². The monoisotopic (exact) mass is 735 g/mol. The Bertz CT molecular complexity index is 1180. The van der Waals surface area contributed by atoms with Crippen molar-refractivity contribution in [2.24, 2.45) is 0 Å². The first-order valence-corrected chi connectivity index (χ1v) is 15.1. The van der Waals surface area contributed by atoms with Crippen LogP contribution < -0.4 is 5.32 Å². The predicted octanol–water partition coefficient (Wildman–Crippen LogP) is -9.42. The van der Waals surface area contributed by atoms with Crippen LogP contribution in [-0.2, 0) is 47.5 Å². The molecule has 24 nitrogen and oxygen atoms in total. The molecule has 1 unspecified atom stereocenters. The van der Waals surface area contributed by atoms with Gasteiger partial charge in [-0.15, -0.1) is 0 Å². The highest BCUT2D eigenvalue weighted by atomic mass is 16.8. The Hall–Kier alpha value is -2.31. The van der Waals surface area contributed by atoms with E-state index in [0.29, 0.717) is 0 Å². The van der Waals surface area contributed by atoms with Gasteiger partial charge in [0, 0.05) is 6.92 Å². The Morgan fingerprint density at radius 3 is 1.46 bits per heavy atom. The molecule has 1 amide bonds. The van der Waals surface area contributed by atoms with Gasteiger partial charge < -0.3 is 105 Å². The molecule has 0 spiro atoms. The highest BCUT2D eigenvalue weighted by Crippen LogP contribution is 2.34. The average Bonchev–Trinajstić information content (AvgIpc) is 3.06. The molecular weight excluding hydrogens is 694 g/mol. The number of carbonyl (C=O) groups excluding carboxylic acids is 1. The number of ether oxygens (including phenoxy) is 7. The fourth-order valence-electron chi connectivity index (χ4n) is 5.90. The summed E-state index contributed by atoms with van der Waals surface area (Å²) in [7, 11) is 0. The lowest BCUT2D eigenvalue weighted by atomic mass is 9.95. The summed E-state index contributed by atoms with van der Waals surface area (Å²) in [5.74, 6) is -4.31. The van der Waals surface area contributed by atoms with E-state index in [1.165, 1.54) is 0 Å². The van der Waals surface area contributed by atoms with Crippen LogP contribution in [0.4, 0.5) is 0 Å². The quantitative estimate of drug-likeness (QED) is 0.0936. The second kappa shape index (κ2) is 16.6. The van der Waals surface area contributed by atoms with Crippen molar-refractivity contribution in [2.75, 3.05) is 13.2 Å². The molecule has 4 aliphatic heterocycles. The van der Waals surface area contributed by atoms with E-state index >= 15 is 0 Å². The fourth-order valence-corrected chi connectivity index (χ4v) is 5.90. The van der Waals surface area contributed by atoms with E-state index in [1.54, 1.807) is 0 Å². The maximum atomic E-state index is 12.2. The first kappa shape index (κ1) is 40.5. The number of hydrogen-bond donors (Lipinski definition) is 14. The Labute approximate surface area is 280 Å². The smallest absolute Gasteiger partial charge is 0.335 e. The Morgan fingerprint density at radius 2 is 0.960 bits per heavy atom. The molecule has 288 valence electrons. The zero-order valence-electron chi connectivity index (χ0n) is 25.9. The van der Waals surface area contributed by atoms with Crippen LogP contribution in [0.25, 0.3) is 0 Å². The summed E-state index contributed by atoms with van der Waals surface area (Å²) >= 11 is 0. The third-order valence-corrected chi connectivity index (χ3v) is 8.54. The average molecular weight is 736 g/mol. The number of aliphatic hydroxyl groups excluding tert-OH is 11. The second-order valence-corrected chi connectivity index (χ2v) is 12.0. The first-order valence-electron chi connectivity index (χ1n) is 15.1. The van der Waals surface area contributed by atoms with Gasteiger partial charge in [0.1, 0.15) is 85.4 Å². The number of nitrogens with one attached hydrogen (secondary N) is 1. The van der Waals surface area contributed by atoms with Gasteiger partial charge in [-0.05, 0) is 0 Å². The summed E-state index contributed by atoms with van der Waals surface area (Å²) in [5.41, 5.74) is 0. The Kier molecular flexibility index (Phi) is 13.4. The van der Waals surface area contributed by atoms with E-state index in [2.05, 4.69) is 5.32 Å². The molecular formula is C26H41NO23. The Balaban J connectivity index is 1.48. The number of aliphatic hydroxyl groups is 11. The van der Waals surface area contributed by atoms with Gasteiger partial charge in [-0.3, -0.25) is 4.79 Å². The van der Waals surface area contributed by atoms with Crippen molar-refractivity contribution in [3.63, 3.8) is 0 Å². The molecule has 4 saturated heterocycles. The zero-order chi connectivity index (χ0) is 37.4. The SMILES string of the molecule is CC(=O)N[C@H]1C(O)O[C@H](CO)[C@@H](O[C@@H]2O[C@H](C(=O)O)[C@@H](O[C@H]3O[C@H](CO)[C@@H](O[C@@H]4O[C@H](C(=O)O)[C@@H](O)[C@H](O)[C@H]4O)[C@H](O)[C@H]3O)[C@H](O)[C@H]2O)[C@@H]1O. The number of carbonyl (C=O) groups is 3. The standard InChI is InChI=1S/C26H41NO23/c1-4(30)27-7-8(31)16(5(2-28)44-23(7)43)46-26-15(38)12(35)18(20(50-26)22(41)42)48-24-14(37)11(34)17(6(3-29)45-24)47-25-13(36)9(32)10(33)19(49-25)21(39)40/h5-20,23-26,28-29,31-38,43H,2-3H2,1H3,(H,27,30)(H,39,40)(H,41,42)/t5-,6-,7-,8-,9+,10+,11-,12-,13-,14-,15-,16-,17-,18+,19+,20+,23?,24-,25-,26-/m1/s1. The molecule has 14 N–H and O–H groups in total. The summed E-state index contributed by atoms with van der Waals surface area (Å²) in [4.78, 5) is 35.2. The van der Waals surface area contributed by atoms with Crippen molar-refractivity contribution in [3.8, 4) is 0 Å². The molecule has 0 aromatic heterocycles. The maximum absolute atomic E-state index is 12.2. The molecule has 4 fully saturated rings. The van der Waals surface area contributed by atoms with Crippen LogP contribution in [0.3, 0.4) is 0 Å². The van der Waals surface area contributed by atoms with Gasteiger partial charge in [-0.2, -0.15) is 0 Å². The van der Waals surface area contributed by atoms with Gasteiger partial charge in [-0.25, -0.2) is 9.59 Å². The van der Waals surface area contributed by atoms with Crippen molar-refractivity contribution < 1.29 is 114 Å². The van der Waals surface area contributed by atoms with Crippen molar-refractivity contribution >= 4 is 17.8 Å². The maximum Gasteiger partial charge on any atom is 0.335 e. The number of carboxylic acids is 2. The number of aliphatic carboxylic acids is 2. The highest BCUT2D eigenvalue weighted by molar-refractivity contribution is 5.74. The summed E-state index contributed by atoms with van der Waals surface area (Å²) in [6, 6.07) is -1.52. The van der Waals surface area contributed by atoms with Gasteiger partial charge >= 0.3 is 11.9 Å². The number of amides is 1. The van der Waals surface area contributed by atoms with Gasteiger partial charge in [0.25, 0.3) is 0 Å². The van der Waals surface area contributed by atoms with E-state index in [9.17, 15) is 80.8 Å². The lowest BCUT2D eigenvalue weighted by Crippen LogP contribution is -2.68. The largest absolute Gasteiger partial charge is 0.479 e. The number of carboxylic acid groups (broad SMARTS) is 2. The molecule has 0 bridgehead atoms. The van der Waals surface area contributed by atoms with Gasteiger partial charge in [-0.1, -0.05) is 0 Å². The molecule has 0 aromatic rings. The van der Waals surface area contributed by atoms with Crippen LogP contribution in [0.1, 0.15) is 6.92 Å². The van der Waals surface area contributed by atoms with E-state index in [-0.39, 0.29) is 0 Å². The summed E-state index contributed by atoms with van der Waals surface area (Å²) < 4.78 is 37.1. The minimum Gasteiger partial charge on any atom is -0.479 e. The zero-order valence-corrected chi connectivity index (χ0v) is 25.9. The van der Waals surface area contributed by atoms with Crippen molar-refractivity contribution in [3.05, 3.63) is 0 Å². The van der Waals surface area contributed by atoms with E-state index < -0.39 is 154 Å². The van der Waals surface area contributed by atoms with Crippen molar-refractivity contribution in [1.29, 1.82) is 0 Å². The van der Waals surface area contributed by atoms with Crippen LogP contribution in [0.2, 0.25) is 0 Å². The molecule has 50 heavy (non-hydrogen) atoms. The van der Waals surface area contributed by atoms with Gasteiger partial charge in [0.2, 0.25) is 5.91 Å².